The van der Waals surface area contributed by atoms with Crippen molar-refractivity contribution in [2.24, 2.45) is 0 Å². The SMILES string of the molecule is COc1cc(C(=O)OCC(=O)Nc2ccc(C#N)cc2)c([N+](=O)[O-])cc1OC. The van der Waals surface area contributed by atoms with Crippen molar-refractivity contribution in [2.45, 2.75) is 0 Å². The number of nitriles is 1. The van der Waals surface area contributed by atoms with E-state index in [2.05, 4.69) is 5.32 Å². The van der Waals surface area contributed by atoms with Gasteiger partial charge in [-0.05, 0) is 24.3 Å². The molecule has 0 radical (unpaired) electrons. The van der Waals surface area contributed by atoms with Gasteiger partial charge in [0.05, 0.1) is 36.8 Å². The van der Waals surface area contributed by atoms with Crippen LogP contribution in [-0.4, -0.2) is 37.6 Å². The zero-order chi connectivity index (χ0) is 20.7. The van der Waals surface area contributed by atoms with Gasteiger partial charge in [0.25, 0.3) is 11.6 Å². The molecule has 2 rings (SSSR count). The standard InChI is InChI=1S/C18H15N3O7/c1-26-15-7-13(14(21(24)25)8-16(15)27-2)18(23)28-10-17(22)20-12-5-3-11(9-19)4-6-12/h3-8H,10H2,1-2H3,(H,20,22). The molecule has 1 amide bonds. The van der Waals surface area contributed by atoms with Gasteiger partial charge in [0.15, 0.2) is 18.1 Å². The highest BCUT2D eigenvalue weighted by atomic mass is 16.6. The average Bonchev–Trinajstić information content (AvgIpc) is 2.71. The summed E-state index contributed by atoms with van der Waals surface area (Å²) < 4.78 is 14.9. The first kappa shape index (κ1) is 20.2. The van der Waals surface area contributed by atoms with Gasteiger partial charge in [-0.3, -0.25) is 14.9 Å². The number of rotatable bonds is 7. The minimum atomic E-state index is -1.07. The number of hydrogen-bond donors (Lipinski definition) is 1. The Hall–Kier alpha value is -4.13. The number of benzene rings is 2. The lowest BCUT2D eigenvalue weighted by molar-refractivity contribution is -0.385. The zero-order valence-electron chi connectivity index (χ0n) is 14.9. The molecule has 0 aliphatic carbocycles. The number of nitrogens with zero attached hydrogens (tertiary/aromatic N) is 2. The second kappa shape index (κ2) is 9.00. The first-order valence-corrected chi connectivity index (χ1v) is 7.77. The summed E-state index contributed by atoms with van der Waals surface area (Å²) in [5.41, 5.74) is -0.105. The van der Waals surface area contributed by atoms with Crippen LogP contribution in [0.1, 0.15) is 15.9 Å². The van der Waals surface area contributed by atoms with E-state index in [-0.39, 0.29) is 17.1 Å². The molecule has 28 heavy (non-hydrogen) atoms. The van der Waals surface area contributed by atoms with Crippen molar-refractivity contribution in [1.82, 2.24) is 0 Å². The third-order valence-electron chi connectivity index (χ3n) is 3.55. The largest absolute Gasteiger partial charge is 0.493 e. The van der Waals surface area contributed by atoms with Crippen LogP contribution in [0.2, 0.25) is 0 Å². The molecule has 0 aliphatic heterocycles. The third-order valence-corrected chi connectivity index (χ3v) is 3.55. The molecular weight excluding hydrogens is 370 g/mol. The van der Waals surface area contributed by atoms with Crippen molar-refractivity contribution in [3.63, 3.8) is 0 Å². The number of esters is 1. The Labute approximate surface area is 159 Å². The van der Waals surface area contributed by atoms with Gasteiger partial charge in [-0.25, -0.2) is 4.79 Å². The third kappa shape index (κ3) is 4.73. The lowest BCUT2D eigenvalue weighted by Gasteiger charge is -2.10. The molecule has 0 heterocycles. The van der Waals surface area contributed by atoms with Gasteiger partial charge in [-0.15, -0.1) is 0 Å². The van der Waals surface area contributed by atoms with Gasteiger partial charge in [-0.2, -0.15) is 5.26 Å². The van der Waals surface area contributed by atoms with Gasteiger partial charge < -0.3 is 19.5 Å². The molecule has 0 unspecified atom stereocenters. The van der Waals surface area contributed by atoms with E-state index in [1.54, 1.807) is 0 Å². The Morgan fingerprint density at radius 2 is 1.75 bits per heavy atom. The monoisotopic (exact) mass is 385 g/mol. The summed E-state index contributed by atoms with van der Waals surface area (Å²) in [6.07, 6.45) is 0. The molecule has 10 nitrogen and oxygen atoms in total. The number of anilines is 1. The van der Waals surface area contributed by atoms with E-state index in [9.17, 15) is 19.7 Å². The predicted octanol–water partition coefficient (Wildman–Crippen LogP) is 2.28. The summed E-state index contributed by atoms with van der Waals surface area (Å²) in [4.78, 5) is 34.6. The van der Waals surface area contributed by atoms with E-state index in [0.29, 0.717) is 11.3 Å². The van der Waals surface area contributed by atoms with Crippen LogP contribution in [0.25, 0.3) is 0 Å². The van der Waals surface area contributed by atoms with Crippen LogP contribution >= 0.6 is 0 Å². The van der Waals surface area contributed by atoms with Crippen molar-refractivity contribution >= 4 is 23.3 Å². The van der Waals surface area contributed by atoms with E-state index in [1.165, 1.54) is 38.5 Å². The number of nitro benzene ring substituents is 1. The molecule has 0 fully saturated rings. The molecule has 0 bridgehead atoms. The minimum Gasteiger partial charge on any atom is -0.493 e. The van der Waals surface area contributed by atoms with Gasteiger partial charge in [0, 0.05) is 11.8 Å². The highest BCUT2D eigenvalue weighted by molar-refractivity contribution is 5.98. The zero-order valence-corrected chi connectivity index (χ0v) is 14.9. The lowest BCUT2D eigenvalue weighted by atomic mass is 10.1. The number of hydrogen-bond acceptors (Lipinski definition) is 8. The molecule has 0 aromatic heterocycles. The molecule has 0 saturated heterocycles. The second-order valence-electron chi connectivity index (χ2n) is 5.29. The van der Waals surface area contributed by atoms with Crippen molar-refractivity contribution in [3.8, 4) is 17.6 Å². The first-order chi connectivity index (χ1) is 13.4. The topological polar surface area (TPSA) is 141 Å². The fraction of sp³-hybridized carbons (Fsp3) is 0.167. The highest BCUT2D eigenvalue weighted by Gasteiger charge is 2.26. The van der Waals surface area contributed by atoms with Crippen molar-refractivity contribution in [3.05, 3.63) is 57.6 Å². The number of amides is 1. The molecule has 144 valence electrons. The Morgan fingerprint density at radius 3 is 2.29 bits per heavy atom. The molecule has 0 spiro atoms. The Balaban J connectivity index is 2.10. The van der Waals surface area contributed by atoms with E-state index < -0.39 is 29.1 Å². The maximum atomic E-state index is 12.2. The Morgan fingerprint density at radius 1 is 1.14 bits per heavy atom. The van der Waals surface area contributed by atoms with Gasteiger partial charge >= 0.3 is 5.97 Å². The van der Waals surface area contributed by atoms with Crippen molar-refractivity contribution in [1.29, 1.82) is 5.26 Å². The molecule has 1 N–H and O–H groups in total. The summed E-state index contributed by atoms with van der Waals surface area (Å²) in [7, 11) is 2.61. The highest BCUT2D eigenvalue weighted by Crippen LogP contribution is 2.34. The molecule has 0 aliphatic rings. The van der Waals surface area contributed by atoms with E-state index >= 15 is 0 Å². The number of nitro groups is 1. The fourth-order valence-electron chi connectivity index (χ4n) is 2.22. The van der Waals surface area contributed by atoms with Crippen LogP contribution in [0.3, 0.4) is 0 Å². The molecule has 2 aromatic carbocycles. The van der Waals surface area contributed by atoms with Gasteiger partial charge in [0.2, 0.25) is 0 Å². The van der Waals surface area contributed by atoms with Crippen LogP contribution in [0.15, 0.2) is 36.4 Å². The summed E-state index contributed by atoms with van der Waals surface area (Å²) in [5, 5.41) is 22.4. The summed E-state index contributed by atoms with van der Waals surface area (Å²) >= 11 is 0. The van der Waals surface area contributed by atoms with Crippen molar-refractivity contribution in [2.75, 3.05) is 26.1 Å². The fourth-order valence-corrected chi connectivity index (χ4v) is 2.22. The van der Waals surface area contributed by atoms with Crippen LogP contribution in [0.5, 0.6) is 11.5 Å². The van der Waals surface area contributed by atoms with E-state index in [1.807, 2.05) is 6.07 Å². The first-order valence-electron chi connectivity index (χ1n) is 7.77. The lowest BCUT2D eigenvalue weighted by Crippen LogP contribution is -2.21. The van der Waals surface area contributed by atoms with Crippen LogP contribution in [-0.2, 0) is 9.53 Å². The maximum Gasteiger partial charge on any atom is 0.345 e. The van der Waals surface area contributed by atoms with Crippen LogP contribution in [0.4, 0.5) is 11.4 Å². The number of ether oxygens (including phenoxy) is 3. The molecule has 2 aromatic rings. The summed E-state index contributed by atoms with van der Waals surface area (Å²) in [5.74, 6) is -1.55. The van der Waals surface area contributed by atoms with E-state index in [0.717, 1.165) is 12.1 Å². The quantitative estimate of drug-likeness (QED) is 0.435. The van der Waals surface area contributed by atoms with Crippen LogP contribution in [0, 0.1) is 21.4 Å². The summed E-state index contributed by atoms with van der Waals surface area (Å²) in [6, 6.07) is 10.1. The predicted molar refractivity (Wildman–Crippen MR) is 96.3 cm³/mol. The normalized spacial score (nSPS) is 9.75. The minimum absolute atomic E-state index is 0.0734. The van der Waals surface area contributed by atoms with Crippen LogP contribution < -0.4 is 14.8 Å². The van der Waals surface area contributed by atoms with Gasteiger partial charge in [-0.1, -0.05) is 0 Å². The van der Waals surface area contributed by atoms with Crippen molar-refractivity contribution < 1.29 is 28.7 Å². The summed E-state index contributed by atoms with van der Waals surface area (Å²) in [6.45, 7) is -0.662. The maximum absolute atomic E-state index is 12.2. The molecular formula is C18H15N3O7. The molecule has 0 saturated carbocycles. The average molecular weight is 385 g/mol. The number of carbonyl (C=O) groups excluding carboxylic acids is 2. The smallest absolute Gasteiger partial charge is 0.345 e. The number of carbonyl (C=O) groups is 2. The number of methoxy groups -OCH3 is 2. The molecule has 0 atom stereocenters. The molecule has 10 heteroatoms. The number of nitrogens with one attached hydrogen (secondary N) is 1. The Kier molecular flexibility index (Phi) is 6.49. The van der Waals surface area contributed by atoms with Gasteiger partial charge in [0.1, 0.15) is 5.56 Å². The second-order valence-corrected chi connectivity index (χ2v) is 5.29. The van der Waals surface area contributed by atoms with E-state index in [4.69, 9.17) is 19.5 Å². The Bertz CT molecular complexity index is 949.